The van der Waals surface area contributed by atoms with Gasteiger partial charge in [0, 0.05) is 24.0 Å². The maximum atomic E-state index is 14.0. The van der Waals surface area contributed by atoms with Crippen molar-refractivity contribution < 1.29 is 17.9 Å². The van der Waals surface area contributed by atoms with Crippen LogP contribution >= 0.6 is 0 Å². The minimum Gasteiger partial charge on any atom is -0.494 e. The van der Waals surface area contributed by atoms with E-state index in [1.165, 1.54) is 81.6 Å². The van der Waals surface area contributed by atoms with Gasteiger partial charge in [0.25, 0.3) is 0 Å². The number of anilines is 1. The molecule has 1 N–H and O–H groups in total. The normalized spacial score (nSPS) is 11.8. The van der Waals surface area contributed by atoms with Crippen LogP contribution in [0.5, 0.6) is 5.75 Å². The van der Waals surface area contributed by atoms with Gasteiger partial charge in [-0.3, -0.25) is 4.57 Å². The van der Waals surface area contributed by atoms with E-state index in [2.05, 4.69) is 24.1 Å². The monoisotopic (exact) mass is 559 g/mol. The van der Waals surface area contributed by atoms with E-state index < -0.39 is 12.0 Å². The second kappa shape index (κ2) is 17.2. The van der Waals surface area contributed by atoms with Gasteiger partial charge in [0.2, 0.25) is 5.82 Å². The van der Waals surface area contributed by atoms with E-state index in [0.717, 1.165) is 31.5 Å². The Bertz CT molecular complexity index is 1110. The predicted molar refractivity (Wildman–Crippen MR) is 161 cm³/mol. The second-order valence-corrected chi connectivity index (χ2v) is 10.8. The number of imidazole rings is 1. The van der Waals surface area contributed by atoms with Crippen LogP contribution < -0.4 is 10.1 Å². The number of hydrogen-bond donors (Lipinski definition) is 1. The lowest BCUT2D eigenvalue weighted by molar-refractivity contribution is -0.145. The number of nitrogens with one attached hydrogen (secondary N) is 1. The molecule has 0 radical (unpaired) electrons. The standard InChI is InChI=1S/C33H48F3N3O/c1-3-5-7-9-11-12-14-16-24-37-27-18-20-28(21-19-27)39-31-23-22-29(26-30(31)38-32(39)33(34,35)36)40-25-17-15-13-10-8-6-4-2/h18-23,26,37H,3-17,24-25H2,1-2H3. The number of halogens is 3. The van der Waals surface area contributed by atoms with E-state index in [9.17, 15) is 13.2 Å². The van der Waals surface area contributed by atoms with Crippen molar-refractivity contribution in [2.24, 2.45) is 0 Å². The summed E-state index contributed by atoms with van der Waals surface area (Å²) in [6, 6.07) is 12.1. The number of unbranched alkanes of at least 4 members (excludes halogenated alkanes) is 13. The molecule has 0 aliphatic carbocycles. The lowest BCUT2D eigenvalue weighted by Gasteiger charge is -2.13. The van der Waals surface area contributed by atoms with Crippen molar-refractivity contribution in [1.82, 2.24) is 9.55 Å². The molecule has 0 bridgehead atoms. The molecular weight excluding hydrogens is 511 g/mol. The highest BCUT2D eigenvalue weighted by atomic mass is 19.4. The van der Waals surface area contributed by atoms with E-state index in [1.807, 2.05) is 12.1 Å². The molecule has 3 aromatic rings. The first-order valence-corrected chi connectivity index (χ1v) is 15.5. The van der Waals surface area contributed by atoms with E-state index in [0.29, 0.717) is 23.6 Å². The van der Waals surface area contributed by atoms with Gasteiger partial charge in [-0.25, -0.2) is 4.98 Å². The molecule has 2 aromatic carbocycles. The number of nitrogens with zero attached hydrogens (tertiary/aromatic N) is 2. The molecule has 3 rings (SSSR count). The topological polar surface area (TPSA) is 39.1 Å². The molecule has 222 valence electrons. The number of benzene rings is 2. The summed E-state index contributed by atoms with van der Waals surface area (Å²) < 4.78 is 49.0. The molecule has 0 aliphatic heterocycles. The Hall–Kier alpha value is -2.70. The van der Waals surface area contributed by atoms with Gasteiger partial charge in [0.1, 0.15) is 5.75 Å². The average molecular weight is 560 g/mol. The first-order valence-electron chi connectivity index (χ1n) is 15.5. The number of ether oxygens (including phenoxy) is 1. The first-order chi connectivity index (χ1) is 19.4. The summed E-state index contributed by atoms with van der Waals surface area (Å²) in [6.07, 6.45) is 13.8. The smallest absolute Gasteiger partial charge is 0.450 e. The number of aromatic nitrogens is 2. The maximum absolute atomic E-state index is 14.0. The Morgan fingerprint density at radius 3 is 1.90 bits per heavy atom. The summed E-state index contributed by atoms with van der Waals surface area (Å²) in [4.78, 5) is 3.97. The van der Waals surface area contributed by atoms with Crippen molar-refractivity contribution in [2.45, 2.75) is 116 Å². The predicted octanol–water partition coefficient (Wildman–Crippen LogP) is 10.7. The molecule has 0 atom stereocenters. The van der Waals surface area contributed by atoms with Gasteiger partial charge in [-0.05, 0) is 49.2 Å². The molecule has 0 aliphatic rings. The van der Waals surface area contributed by atoms with Gasteiger partial charge in [0.05, 0.1) is 17.6 Å². The molecule has 0 fully saturated rings. The summed E-state index contributed by atoms with van der Waals surface area (Å²) in [5.41, 5.74) is 2.03. The molecule has 4 nitrogen and oxygen atoms in total. The highest BCUT2D eigenvalue weighted by molar-refractivity contribution is 5.80. The van der Waals surface area contributed by atoms with Crippen molar-refractivity contribution in [3.63, 3.8) is 0 Å². The largest absolute Gasteiger partial charge is 0.494 e. The van der Waals surface area contributed by atoms with Crippen LogP contribution in [0.25, 0.3) is 16.7 Å². The zero-order valence-corrected chi connectivity index (χ0v) is 24.5. The maximum Gasteiger partial charge on any atom is 0.450 e. The van der Waals surface area contributed by atoms with Crippen molar-refractivity contribution in [3.8, 4) is 11.4 Å². The fraction of sp³-hybridized carbons (Fsp3) is 0.606. The Balaban J connectivity index is 1.56. The van der Waals surface area contributed by atoms with Crippen LogP contribution in [0.1, 0.15) is 116 Å². The minimum atomic E-state index is -4.58. The quantitative estimate of drug-likeness (QED) is 0.140. The van der Waals surface area contributed by atoms with Crippen LogP contribution in [0.2, 0.25) is 0 Å². The first kappa shape index (κ1) is 31.8. The molecule has 0 amide bonds. The molecule has 0 saturated carbocycles. The summed E-state index contributed by atoms with van der Waals surface area (Å²) in [7, 11) is 0. The second-order valence-electron chi connectivity index (χ2n) is 10.8. The van der Waals surface area contributed by atoms with E-state index in [4.69, 9.17) is 4.74 Å². The van der Waals surface area contributed by atoms with Gasteiger partial charge < -0.3 is 10.1 Å². The van der Waals surface area contributed by atoms with E-state index >= 15 is 0 Å². The summed E-state index contributed by atoms with van der Waals surface area (Å²) in [5, 5.41) is 3.40. The Labute approximate surface area is 238 Å². The van der Waals surface area contributed by atoms with Crippen molar-refractivity contribution >= 4 is 16.7 Å². The van der Waals surface area contributed by atoms with Crippen LogP contribution in [0.3, 0.4) is 0 Å². The zero-order valence-electron chi connectivity index (χ0n) is 24.5. The van der Waals surface area contributed by atoms with Gasteiger partial charge in [-0.1, -0.05) is 97.3 Å². The molecular formula is C33H48F3N3O. The summed E-state index contributed by atoms with van der Waals surface area (Å²) in [5.74, 6) is -0.372. The lowest BCUT2D eigenvalue weighted by atomic mass is 10.1. The molecule has 0 spiro atoms. The number of alkyl halides is 3. The van der Waals surface area contributed by atoms with E-state index in [-0.39, 0.29) is 5.52 Å². The SMILES string of the molecule is CCCCCCCCCCNc1ccc(-n2c(C(F)(F)F)nc3cc(OCCCCCCCCC)ccc32)cc1. The van der Waals surface area contributed by atoms with Gasteiger partial charge >= 0.3 is 6.18 Å². The fourth-order valence-electron chi connectivity index (χ4n) is 5.07. The third-order valence-electron chi connectivity index (χ3n) is 7.38. The van der Waals surface area contributed by atoms with Crippen LogP contribution in [-0.4, -0.2) is 22.7 Å². The zero-order chi connectivity index (χ0) is 28.6. The number of rotatable bonds is 20. The van der Waals surface area contributed by atoms with Crippen molar-refractivity contribution in [1.29, 1.82) is 0 Å². The highest BCUT2D eigenvalue weighted by Crippen LogP contribution is 2.35. The Morgan fingerprint density at radius 2 is 1.30 bits per heavy atom. The number of hydrogen-bond acceptors (Lipinski definition) is 3. The van der Waals surface area contributed by atoms with Crippen LogP contribution in [-0.2, 0) is 6.18 Å². The Kier molecular flexibility index (Phi) is 13.7. The van der Waals surface area contributed by atoms with Crippen LogP contribution in [0, 0.1) is 0 Å². The average Bonchev–Trinajstić information content (AvgIpc) is 3.33. The molecule has 0 unspecified atom stereocenters. The molecule has 1 heterocycles. The summed E-state index contributed by atoms with van der Waals surface area (Å²) in [6.45, 7) is 5.85. The van der Waals surface area contributed by atoms with E-state index in [1.54, 1.807) is 30.3 Å². The van der Waals surface area contributed by atoms with Gasteiger partial charge in [0.15, 0.2) is 0 Å². The molecule has 7 heteroatoms. The van der Waals surface area contributed by atoms with Gasteiger partial charge in [-0.15, -0.1) is 0 Å². The van der Waals surface area contributed by atoms with Crippen LogP contribution in [0.4, 0.5) is 18.9 Å². The summed E-state index contributed by atoms with van der Waals surface area (Å²) >= 11 is 0. The number of fused-ring (bicyclic) bond motifs is 1. The van der Waals surface area contributed by atoms with Crippen LogP contribution in [0.15, 0.2) is 42.5 Å². The minimum absolute atomic E-state index is 0.279. The van der Waals surface area contributed by atoms with Crippen molar-refractivity contribution in [2.75, 3.05) is 18.5 Å². The van der Waals surface area contributed by atoms with Gasteiger partial charge in [-0.2, -0.15) is 13.2 Å². The lowest BCUT2D eigenvalue weighted by Crippen LogP contribution is -2.13. The molecule has 0 saturated heterocycles. The fourth-order valence-corrected chi connectivity index (χ4v) is 5.07. The Morgan fingerprint density at radius 1 is 0.725 bits per heavy atom. The van der Waals surface area contributed by atoms with Crippen molar-refractivity contribution in [3.05, 3.63) is 48.3 Å². The highest BCUT2D eigenvalue weighted by Gasteiger charge is 2.38. The molecule has 1 aromatic heterocycles. The molecule has 40 heavy (non-hydrogen) atoms. The third kappa shape index (κ3) is 10.4. The third-order valence-corrected chi connectivity index (χ3v) is 7.38.